The second kappa shape index (κ2) is 11.8. The monoisotopic (exact) mass is 574 g/mol. The molecule has 0 radical (unpaired) electrons. The van der Waals surface area contributed by atoms with Crippen molar-refractivity contribution >= 4 is 55.9 Å². The molecule has 0 aliphatic carbocycles. The molecule has 0 unspecified atom stereocenters. The zero-order chi connectivity index (χ0) is 26.4. The second-order valence-electron chi connectivity index (χ2n) is 7.32. The van der Waals surface area contributed by atoms with E-state index >= 15 is 0 Å². The number of non-ortho nitro benzene ring substituents is 1. The van der Waals surface area contributed by atoms with E-state index < -0.39 is 16.8 Å². The molecule has 0 saturated heterocycles. The van der Waals surface area contributed by atoms with Crippen molar-refractivity contribution < 1.29 is 28.7 Å². The van der Waals surface area contributed by atoms with Crippen LogP contribution >= 0.6 is 27.3 Å². The number of ether oxygens (including phenoxy) is 3. The van der Waals surface area contributed by atoms with Gasteiger partial charge in [-0.1, -0.05) is 0 Å². The average Bonchev–Trinajstić information content (AvgIpc) is 3.17. The summed E-state index contributed by atoms with van der Waals surface area (Å²) in [5.74, 6) is -0.0228. The highest BCUT2D eigenvalue weighted by molar-refractivity contribution is 9.10. The van der Waals surface area contributed by atoms with Crippen LogP contribution in [0, 0.1) is 17.0 Å². The number of esters is 1. The lowest BCUT2D eigenvalue weighted by atomic mass is 10.0. The first-order chi connectivity index (χ1) is 17.2. The molecule has 0 saturated carbocycles. The maximum absolute atomic E-state index is 12.9. The number of amides is 1. The van der Waals surface area contributed by atoms with Gasteiger partial charge in [0.15, 0.2) is 11.5 Å². The fourth-order valence-corrected chi connectivity index (χ4v) is 5.18. The number of nitrogens with zero attached hydrogens (tertiary/aromatic N) is 1. The fraction of sp³-hybridized carbons (Fsp3) is 0.200. The molecule has 36 heavy (non-hydrogen) atoms. The van der Waals surface area contributed by atoms with E-state index in [2.05, 4.69) is 21.2 Å². The average molecular weight is 575 g/mol. The van der Waals surface area contributed by atoms with Crippen molar-refractivity contribution in [2.45, 2.75) is 13.8 Å². The van der Waals surface area contributed by atoms with Gasteiger partial charge in [-0.05, 0) is 71.2 Å². The van der Waals surface area contributed by atoms with Crippen molar-refractivity contribution in [3.8, 4) is 22.6 Å². The lowest BCUT2D eigenvalue weighted by molar-refractivity contribution is -0.384. The number of carbonyl (C=O) groups excluding carboxylic acids is 2. The Balaban J connectivity index is 1.94. The maximum Gasteiger partial charge on any atom is 0.341 e. The smallest absolute Gasteiger partial charge is 0.341 e. The van der Waals surface area contributed by atoms with Gasteiger partial charge in [0, 0.05) is 28.6 Å². The normalized spacial score (nSPS) is 10.8. The molecular weight excluding hydrogens is 552 g/mol. The number of anilines is 1. The Hall–Kier alpha value is -3.70. The number of nitro groups is 1. The minimum atomic E-state index is -0.599. The van der Waals surface area contributed by atoms with Crippen molar-refractivity contribution in [3.05, 3.63) is 73.1 Å². The van der Waals surface area contributed by atoms with Gasteiger partial charge in [0.2, 0.25) is 5.91 Å². The van der Waals surface area contributed by atoms with Crippen LogP contribution < -0.4 is 14.8 Å². The first-order valence-electron chi connectivity index (χ1n) is 10.7. The molecule has 0 aliphatic rings. The molecular formula is C25H23BrN2O7S. The third kappa shape index (κ3) is 5.92. The van der Waals surface area contributed by atoms with E-state index in [4.69, 9.17) is 14.2 Å². The molecule has 0 bridgehead atoms. The number of hydrogen-bond acceptors (Lipinski definition) is 8. The van der Waals surface area contributed by atoms with Crippen LogP contribution in [-0.2, 0) is 9.53 Å². The number of halogens is 1. The zero-order valence-electron chi connectivity index (χ0n) is 19.9. The summed E-state index contributed by atoms with van der Waals surface area (Å²) in [6, 6.07) is 9.36. The zero-order valence-corrected chi connectivity index (χ0v) is 22.3. The Morgan fingerprint density at radius 1 is 1.17 bits per heavy atom. The highest BCUT2D eigenvalue weighted by Crippen LogP contribution is 2.41. The van der Waals surface area contributed by atoms with Crippen molar-refractivity contribution in [3.63, 3.8) is 0 Å². The standard InChI is InChI=1S/C25H23BrN2O7S/c1-5-35-25(30)22-21(16-7-9-17(10-8-16)28(31)32)14(2)36-24(22)27-20(29)11-6-15-12-18(26)23(34-4)19(13-15)33-3/h6-13H,5H2,1-4H3,(H,27,29)/b11-6+. The molecule has 11 heteroatoms. The number of hydrogen-bond donors (Lipinski definition) is 1. The molecule has 188 valence electrons. The predicted octanol–water partition coefficient (Wildman–Crippen LogP) is 6.24. The minimum Gasteiger partial charge on any atom is -0.493 e. The molecule has 2 aromatic carbocycles. The first kappa shape index (κ1) is 26.9. The van der Waals surface area contributed by atoms with Gasteiger partial charge >= 0.3 is 5.97 Å². The Morgan fingerprint density at radius 3 is 2.44 bits per heavy atom. The van der Waals surface area contributed by atoms with E-state index in [1.165, 1.54) is 43.8 Å². The van der Waals surface area contributed by atoms with Gasteiger partial charge < -0.3 is 19.5 Å². The van der Waals surface area contributed by atoms with Crippen LogP contribution in [0.2, 0.25) is 0 Å². The van der Waals surface area contributed by atoms with Gasteiger partial charge in [-0.3, -0.25) is 14.9 Å². The Kier molecular flexibility index (Phi) is 8.83. The van der Waals surface area contributed by atoms with Gasteiger partial charge in [-0.15, -0.1) is 11.3 Å². The molecule has 1 N–H and O–H groups in total. The van der Waals surface area contributed by atoms with Gasteiger partial charge in [0.1, 0.15) is 10.6 Å². The van der Waals surface area contributed by atoms with Crippen molar-refractivity contribution in [1.82, 2.24) is 0 Å². The minimum absolute atomic E-state index is 0.0650. The number of methoxy groups -OCH3 is 2. The third-order valence-electron chi connectivity index (χ3n) is 5.05. The Morgan fingerprint density at radius 2 is 1.86 bits per heavy atom. The third-order valence-corrected chi connectivity index (χ3v) is 6.66. The Bertz CT molecular complexity index is 1330. The summed E-state index contributed by atoms with van der Waals surface area (Å²) in [7, 11) is 3.05. The number of nitrogens with one attached hydrogen (secondary N) is 1. The van der Waals surface area contributed by atoms with Crippen LogP contribution in [0.25, 0.3) is 17.2 Å². The first-order valence-corrected chi connectivity index (χ1v) is 12.3. The molecule has 0 atom stereocenters. The number of carbonyl (C=O) groups is 2. The topological polar surface area (TPSA) is 117 Å². The van der Waals surface area contributed by atoms with Crippen LogP contribution in [-0.4, -0.2) is 37.6 Å². The number of benzene rings is 2. The van der Waals surface area contributed by atoms with E-state index in [0.29, 0.717) is 37.7 Å². The molecule has 1 aromatic heterocycles. The summed E-state index contributed by atoms with van der Waals surface area (Å²) in [6.07, 6.45) is 2.94. The van der Waals surface area contributed by atoms with E-state index in [-0.39, 0.29) is 17.9 Å². The number of rotatable bonds is 9. The summed E-state index contributed by atoms with van der Waals surface area (Å²) in [5, 5.41) is 14.1. The summed E-state index contributed by atoms with van der Waals surface area (Å²) in [4.78, 5) is 36.9. The maximum atomic E-state index is 12.9. The van der Waals surface area contributed by atoms with Gasteiger partial charge in [0.05, 0.1) is 30.2 Å². The van der Waals surface area contributed by atoms with Crippen molar-refractivity contribution in [2.24, 2.45) is 0 Å². The number of aryl methyl sites for hydroxylation is 1. The Labute approximate surface area is 220 Å². The molecule has 1 amide bonds. The summed E-state index contributed by atoms with van der Waals surface area (Å²) < 4.78 is 16.5. The molecule has 0 fully saturated rings. The number of nitro benzene ring substituents is 1. The van der Waals surface area contributed by atoms with Gasteiger partial charge in [0.25, 0.3) is 5.69 Å². The van der Waals surface area contributed by atoms with Crippen LogP contribution in [0.5, 0.6) is 11.5 Å². The molecule has 0 spiro atoms. The van der Waals surface area contributed by atoms with E-state index in [0.717, 1.165) is 4.88 Å². The van der Waals surface area contributed by atoms with E-state index in [1.54, 1.807) is 44.2 Å². The summed E-state index contributed by atoms with van der Waals surface area (Å²) in [5.41, 5.74) is 1.97. The lowest BCUT2D eigenvalue weighted by Crippen LogP contribution is -2.12. The quantitative estimate of drug-likeness (QED) is 0.139. The second-order valence-corrected chi connectivity index (χ2v) is 9.40. The SMILES string of the molecule is CCOC(=O)c1c(NC(=O)/C=C/c2cc(Br)c(OC)c(OC)c2)sc(C)c1-c1ccc([N+](=O)[O-])cc1. The summed E-state index contributed by atoms with van der Waals surface area (Å²) in [6.45, 7) is 3.64. The largest absolute Gasteiger partial charge is 0.493 e. The van der Waals surface area contributed by atoms with Crippen molar-refractivity contribution in [1.29, 1.82) is 0 Å². The summed E-state index contributed by atoms with van der Waals surface area (Å²) >= 11 is 4.64. The van der Waals surface area contributed by atoms with Crippen LogP contribution in [0.15, 0.2) is 46.9 Å². The van der Waals surface area contributed by atoms with Gasteiger partial charge in [-0.2, -0.15) is 0 Å². The lowest BCUT2D eigenvalue weighted by Gasteiger charge is -2.10. The van der Waals surface area contributed by atoms with Crippen LogP contribution in [0.1, 0.15) is 27.7 Å². The molecule has 3 aromatic rings. The molecule has 1 heterocycles. The highest BCUT2D eigenvalue weighted by Gasteiger charge is 2.25. The fourth-order valence-electron chi connectivity index (χ4n) is 3.49. The van der Waals surface area contributed by atoms with Gasteiger partial charge in [-0.25, -0.2) is 4.79 Å². The predicted molar refractivity (Wildman–Crippen MR) is 142 cm³/mol. The van der Waals surface area contributed by atoms with E-state index in [1.807, 2.05) is 0 Å². The van der Waals surface area contributed by atoms with Crippen LogP contribution in [0.4, 0.5) is 10.7 Å². The molecule has 3 rings (SSSR count). The van der Waals surface area contributed by atoms with Crippen molar-refractivity contribution in [2.75, 3.05) is 26.1 Å². The molecule has 0 aliphatic heterocycles. The van der Waals surface area contributed by atoms with E-state index in [9.17, 15) is 19.7 Å². The highest BCUT2D eigenvalue weighted by atomic mass is 79.9. The number of thiophene rings is 1. The molecule has 9 nitrogen and oxygen atoms in total. The van der Waals surface area contributed by atoms with Crippen LogP contribution in [0.3, 0.4) is 0 Å².